The molecule has 1 aliphatic heterocycles. The molecule has 1 N–H and O–H groups in total. The molecule has 0 amide bonds. The van der Waals surface area contributed by atoms with Crippen molar-refractivity contribution in [3.8, 4) is 0 Å². The van der Waals surface area contributed by atoms with Crippen LogP contribution in [0, 0.1) is 0 Å². The fourth-order valence-corrected chi connectivity index (χ4v) is 2.00. The summed E-state index contributed by atoms with van der Waals surface area (Å²) < 4.78 is 11.4. The second kappa shape index (κ2) is 5.64. The van der Waals surface area contributed by atoms with Crippen molar-refractivity contribution < 1.29 is 14.6 Å². The highest BCUT2D eigenvalue weighted by molar-refractivity contribution is 4.77. The van der Waals surface area contributed by atoms with Crippen LogP contribution in [0.1, 0.15) is 39.5 Å². The van der Waals surface area contributed by atoms with Gasteiger partial charge < -0.3 is 14.6 Å². The third-order valence-corrected chi connectivity index (χ3v) is 2.56. The van der Waals surface area contributed by atoms with Gasteiger partial charge in [0.15, 0.2) is 5.79 Å². The molecule has 0 bridgehead atoms. The molecule has 88 valence electrons. The van der Waals surface area contributed by atoms with E-state index in [2.05, 4.69) is 6.58 Å². The summed E-state index contributed by atoms with van der Waals surface area (Å²) in [4.78, 5) is 0. The van der Waals surface area contributed by atoms with E-state index in [0.717, 1.165) is 25.7 Å². The molecule has 3 nitrogen and oxygen atoms in total. The summed E-state index contributed by atoms with van der Waals surface area (Å²) in [6.45, 7) is 7.57. The van der Waals surface area contributed by atoms with E-state index in [1.165, 1.54) is 0 Å². The van der Waals surface area contributed by atoms with Crippen molar-refractivity contribution in [2.75, 3.05) is 6.61 Å². The first-order chi connectivity index (χ1) is 7.07. The van der Waals surface area contributed by atoms with Crippen molar-refractivity contribution in [3.05, 3.63) is 12.7 Å². The normalized spacial score (nSPS) is 30.1. The quantitative estimate of drug-likeness (QED) is 0.563. The minimum Gasteiger partial charge on any atom is -0.394 e. The van der Waals surface area contributed by atoms with Crippen molar-refractivity contribution >= 4 is 0 Å². The summed E-state index contributed by atoms with van der Waals surface area (Å²) in [5.74, 6) is -0.565. The summed E-state index contributed by atoms with van der Waals surface area (Å²) in [5, 5.41) is 9.12. The lowest BCUT2D eigenvalue weighted by atomic mass is 10.0. The van der Waals surface area contributed by atoms with E-state index in [1.54, 1.807) is 0 Å². The minimum absolute atomic E-state index is 0.0742. The van der Waals surface area contributed by atoms with Crippen molar-refractivity contribution in [2.45, 2.75) is 57.5 Å². The molecule has 3 heteroatoms. The average molecular weight is 214 g/mol. The smallest absolute Gasteiger partial charge is 0.163 e. The first-order valence-electron chi connectivity index (χ1n) is 5.65. The first kappa shape index (κ1) is 12.7. The van der Waals surface area contributed by atoms with Crippen molar-refractivity contribution in [1.82, 2.24) is 0 Å². The van der Waals surface area contributed by atoms with E-state index >= 15 is 0 Å². The van der Waals surface area contributed by atoms with Crippen LogP contribution < -0.4 is 0 Å². The number of hydrogen-bond donors (Lipinski definition) is 1. The third kappa shape index (κ3) is 4.33. The van der Waals surface area contributed by atoms with Gasteiger partial charge >= 0.3 is 0 Å². The van der Waals surface area contributed by atoms with Gasteiger partial charge in [0.25, 0.3) is 0 Å². The zero-order valence-electron chi connectivity index (χ0n) is 9.74. The lowest BCUT2D eigenvalue weighted by molar-refractivity contribution is -0.304. The Morgan fingerprint density at radius 1 is 1.40 bits per heavy atom. The fraction of sp³-hybridized carbons (Fsp3) is 0.833. The molecule has 0 aromatic rings. The third-order valence-electron chi connectivity index (χ3n) is 2.56. The van der Waals surface area contributed by atoms with Crippen LogP contribution >= 0.6 is 0 Å². The zero-order chi connectivity index (χ0) is 11.3. The van der Waals surface area contributed by atoms with E-state index in [-0.39, 0.29) is 18.8 Å². The largest absolute Gasteiger partial charge is 0.394 e. The van der Waals surface area contributed by atoms with Crippen LogP contribution in [0.3, 0.4) is 0 Å². The Kier molecular flexibility index (Phi) is 4.77. The highest BCUT2D eigenvalue weighted by Crippen LogP contribution is 2.28. The average Bonchev–Trinajstić information content (AvgIpc) is 2.16. The molecule has 0 radical (unpaired) electrons. The molecular weight excluding hydrogens is 192 g/mol. The molecule has 1 rings (SSSR count). The van der Waals surface area contributed by atoms with Gasteiger partial charge in [-0.2, -0.15) is 0 Å². The van der Waals surface area contributed by atoms with E-state index in [9.17, 15) is 0 Å². The van der Waals surface area contributed by atoms with E-state index < -0.39 is 5.79 Å². The number of ether oxygens (including phenoxy) is 2. The maximum Gasteiger partial charge on any atom is 0.163 e. The van der Waals surface area contributed by atoms with Gasteiger partial charge in [-0.25, -0.2) is 0 Å². The second-order valence-corrected chi connectivity index (χ2v) is 4.52. The van der Waals surface area contributed by atoms with Gasteiger partial charge in [0.1, 0.15) is 0 Å². The number of allylic oxidation sites excluding steroid dienone is 1. The molecule has 1 saturated heterocycles. The summed E-state index contributed by atoms with van der Waals surface area (Å²) in [6, 6.07) is 0. The molecular formula is C12H22O3. The minimum atomic E-state index is -0.565. The maximum absolute atomic E-state index is 9.12. The molecule has 15 heavy (non-hydrogen) atoms. The van der Waals surface area contributed by atoms with Crippen LogP contribution in [0.5, 0.6) is 0 Å². The number of hydrogen-bond acceptors (Lipinski definition) is 3. The first-order valence-corrected chi connectivity index (χ1v) is 5.65. The molecule has 0 aliphatic carbocycles. The predicted molar refractivity (Wildman–Crippen MR) is 59.6 cm³/mol. The zero-order valence-corrected chi connectivity index (χ0v) is 9.74. The van der Waals surface area contributed by atoms with Crippen LogP contribution in [0.25, 0.3) is 0 Å². The Morgan fingerprint density at radius 2 is 2.07 bits per heavy atom. The lowest BCUT2D eigenvalue weighted by Gasteiger charge is -2.40. The molecule has 2 atom stereocenters. The van der Waals surface area contributed by atoms with Gasteiger partial charge in [0, 0.05) is 6.42 Å². The molecule has 0 spiro atoms. The molecule has 0 aromatic carbocycles. The molecule has 1 heterocycles. The second-order valence-electron chi connectivity index (χ2n) is 4.52. The highest BCUT2D eigenvalue weighted by Gasteiger charge is 2.34. The Bertz CT molecular complexity index is 201. The van der Waals surface area contributed by atoms with Crippen LogP contribution in [-0.4, -0.2) is 29.7 Å². The van der Waals surface area contributed by atoms with Crippen molar-refractivity contribution in [2.24, 2.45) is 0 Å². The Morgan fingerprint density at radius 3 is 2.67 bits per heavy atom. The number of aliphatic hydroxyl groups is 1. The van der Waals surface area contributed by atoms with Crippen LogP contribution in [0.4, 0.5) is 0 Å². The van der Waals surface area contributed by atoms with Gasteiger partial charge in [0.05, 0.1) is 18.8 Å². The highest BCUT2D eigenvalue weighted by atomic mass is 16.7. The summed E-state index contributed by atoms with van der Waals surface area (Å²) in [5.41, 5.74) is 0. The topological polar surface area (TPSA) is 38.7 Å². The van der Waals surface area contributed by atoms with Crippen LogP contribution in [-0.2, 0) is 9.47 Å². The molecule has 1 aliphatic rings. The Labute approximate surface area is 92.1 Å². The molecule has 0 saturated carbocycles. The SMILES string of the molecule is C=CCCC[C@H]1C[C@H](CO)OC(C)(C)O1. The van der Waals surface area contributed by atoms with Gasteiger partial charge in [-0.05, 0) is 33.1 Å². The number of rotatable bonds is 5. The molecule has 0 unspecified atom stereocenters. The Hall–Kier alpha value is -0.380. The van der Waals surface area contributed by atoms with Gasteiger partial charge in [0.2, 0.25) is 0 Å². The van der Waals surface area contributed by atoms with Gasteiger partial charge in [-0.3, -0.25) is 0 Å². The monoisotopic (exact) mass is 214 g/mol. The Balaban J connectivity index is 2.39. The lowest BCUT2D eigenvalue weighted by Crippen LogP contribution is -2.45. The fourth-order valence-electron chi connectivity index (χ4n) is 2.00. The van der Waals surface area contributed by atoms with Crippen molar-refractivity contribution in [1.29, 1.82) is 0 Å². The predicted octanol–water partition coefficient (Wildman–Crippen LogP) is 2.25. The van der Waals surface area contributed by atoms with E-state index in [0.29, 0.717) is 0 Å². The maximum atomic E-state index is 9.12. The van der Waals surface area contributed by atoms with Gasteiger partial charge in [-0.15, -0.1) is 6.58 Å². The molecule has 1 fully saturated rings. The van der Waals surface area contributed by atoms with E-state index in [1.807, 2.05) is 19.9 Å². The summed E-state index contributed by atoms with van der Waals surface area (Å²) in [6.07, 6.45) is 5.95. The van der Waals surface area contributed by atoms with Crippen molar-refractivity contribution in [3.63, 3.8) is 0 Å². The number of aliphatic hydroxyl groups excluding tert-OH is 1. The summed E-state index contributed by atoms with van der Waals surface area (Å²) >= 11 is 0. The van der Waals surface area contributed by atoms with Gasteiger partial charge in [-0.1, -0.05) is 6.08 Å². The van der Waals surface area contributed by atoms with Crippen LogP contribution in [0.2, 0.25) is 0 Å². The van der Waals surface area contributed by atoms with E-state index in [4.69, 9.17) is 14.6 Å². The molecule has 0 aromatic heterocycles. The standard InChI is InChI=1S/C12H22O3/c1-4-5-6-7-10-8-11(9-13)15-12(2,3)14-10/h4,10-11,13H,1,5-9H2,2-3H3/t10-,11+/m0/s1. The number of unbranched alkanes of at least 4 members (excludes halogenated alkanes) is 1. The van der Waals surface area contributed by atoms with Crippen LogP contribution in [0.15, 0.2) is 12.7 Å². The summed E-state index contributed by atoms with van der Waals surface area (Å²) in [7, 11) is 0.